The molecule has 2 N–H and O–H groups in total. The van der Waals surface area contributed by atoms with Gasteiger partial charge in [-0.1, -0.05) is 0 Å². The van der Waals surface area contributed by atoms with Gasteiger partial charge in [-0.15, -0.1) is 11.3 Å². The Morgan fingerprint density at radius 2 is 2.30 bits per heavy atom. The number of aromatic nitrogens is 2. The first-order valence-electron chi connectivity index (χ1n) is 7.90. The van der Waals surface area contributed by atoms with E-state index in [1.165, 1.54) is 10.4 Å². The van der Waals surface area contributed by atoms with Crippen LogP contribution in [-0.2, 0) is 28.8 Å². The molecule has 1 aliphatic rings. The average Bonchev–Trinajstić information content (AvgIpc) is 3.05. The molecule has 1 amide bonds. The molecule has 0 aromatic carbocycles. The fraction of sp³-hybridized carbons (Fsp3) is 0.562. The maximum Gasteiger partial charge on any atom is 0.259 e. The number of fused-ring (bicyclic) bond motifs is 3. The minimum absolute atomic E-state index is 0.0257. The van der Waals surface area contributed by atoms with E-state index >= 15 is 0 Å². The lowest BCUT2D eigenvalue weighted by Gasteiger charge is -2.12. The van der Waals surface area contributed by atoms with Crippen molar-refractivity contribution in [3.63, 3.8) is 0 Å². The number of thiophene rings is 1. The molecule has 7 heteroatoms. The quantitative estimate of drug-likeness (QED) is 0.839. The van der Waals surface area contributed by atoms with Crippen molar-refractivity contribution < 1.29 is 9.53 Å². The van der Waals surface area contributed by atoms with Gasteiger partial charge >= 0.3 is 0 Å². The van der Waals surface area contributed by atoms with E-state index in [0.717, 1.165) is 29.5 Å². The van der Waals surface area contributed by atoms with Crippen molar-refractivity contribution in [2.24, 2.45) is 0 Å². The highest BCUT2D eigenvalue weighted by atomic mass is 32.1. The van der Waals surface area contributed by atoms with Crippen molar-refractivity contribution in [3.05, 3.63) is 26.6 Å². The molecular formula is C16H21N3O3S. The summed E-state index contributed by atoms with van der Waals surface area (Å²) in [6, 6.07) is -0.0257. The summed E-state index contributed by atoms with van der Waals surface area (Å²) in [6.45, 7) is 2.37. The van der Waals surface area contributed by atoms with Crippen LogP contribution in [0.3, 0.4) is 0 Å². The van der Waals surface area contributed by atoms with E-state index in [4.69, 9.17) is 4.74 Å². The van der Waals surface area contributed by atoms with Crippen LogP contribution in [-0.4, -0.2) is 35.6 Å². The van der Waals surface area contributed by atoms with E-state index in [9.17, 15) is 9.59 Å². The minimum atomic E-state index is -0.0717. The number of methoxy groups -OCH3 is 1. The third kappa shape index (κ3) is 3.45. The van der Waals surface area contributed by atoms with Gasteiger partial charge in [-0.25, -0.2) is 4.98 Å². The number of amides is 1. The molecule has 124 valence electrons. The summed E-state index contributed by atoms with van der Waals surface area (Å²) in [5.74, 6) is 0.517. The van der Waals surface area contributed by atoms with Gasteiger partial charge in [0.05, 0.1) is 12.0 Å². The number of nitrogens with one attached hydrogen (secondary N) is 2. The molecule has 0 unspecified atom stereocenters. The highest BCUT2D eigenvalue weighted by Gasteiger charge is 2.21. The number of rotatable bonds is 6. The van der Waals surface area contributed by atoms with Crippen molar-refractivity contribution in [3.8, 4) is 0 Å². The van der Waals surface area contributed by atoms with Crippen LogP contribution < -0.4 is 10.9 Å². The zero-order valence-electron chi connectivity index (χ0n) is 13.4. The second-order valence-electron chi connectivity index (χ2n) is 5.97. The lowest BCUT2D eigenvalue weighted by Crippen LogP contribution is -2.35. The summed E-state index contributed by atoms with van der Waals surface area (Å²) in [4.78, 5) is 33.7. The summed E-state index contributed by atoms with van der Waals surface area (Å²) < 4.78 is 4.99. The van der Waals surface area contributed by atoms with Crippen molar-refractivity contribution >= 4 is 27.5 Å². The van der Waals surface area contributed by atoms with Crippen molar-refractivity contribution in [2.45, 2.75) is 45.1 Å². The number of ether oxygens (including phenoxy) is 1. The average molecular weight is 335 g/mol. The van der Waals surface area contributed by atoms with Crippen LogP contribution in [0.15, 0.2) is 4.79 Å². The lowest BCUT2D eigenvalue weighted by molar-refractivity contribution is -0.122. The Hall–Kier alpha value is -1.73. The number of carbonyl (C=O) groups is 1. The molecule has 0 aliphatic heterocycles. The highest BCUT2D eigenvalue weighted by Crippen LogP contribution is 2.34. The second kappa shape index (κ2) is 6.80. The Kier molecular flexibility index (Phi) is 4.77. The monoisotopic (exact) mass is 335 g/mol. The number of hydrogen-bond donors (Lipinski definition) is 2. The fourth-order valence-electron chi connectivity index (χ4n) is 3.04. The summed E-state index contributed by atoms with van der Waals surface area (Å²) in [7, 11) is 1.60. The SMILES string of the molecule is COC[C@H](C)NC(=O)CCc1nc2sc3c(c2c(=O)[nH]1)CCC3. The van der Waals surface area contributed by atoms with E-state index in [-0.39, 0.29) is 17.5 Å². The van der Waals surface area contributed by atoms with Gasteiger partial charge < -0.3 is 15.0 Å². The third-order valence-electron chi connectivity index (χ3n) is 4.04. The zero-order valence-corrected chi connectivity index (χ0v) is 14.2. The highest BCUT2D eigenvalue weighted by molar-refractivity contribution is 7.18. The summed E-state index contributed by atoms with van der Waals surface area (Å²) in [5, 5.41) is 3.61. The maximum atomic E-state index is 12.3. The van der Waals surface area contributed by atoms with Gasteiger partial charge in [0, 0.05) is 30.9 Å². The molecule has 2 aromatic rings. The van der Waals surface area contributed by atoms with Gasteiger partial charge in [0.2, 0.25) is 5.91 Å². The van der Waals surface area contributed by atoms with E-state index in [1.807, 2.05) is 6.92 Å². The molecule has 0 fully saturated rings. The van der Waals surface area contributed by atoms with Gasteiger partial charge in [-0.05, 0) is 31.7 Å². The molecular weight excluding hydrogens is 314 g/mol. The predicted molar refractivity (Wildman–Crippen MR) is 90.1 cm³/mol. The van der Waals surface area contributed by atoms with Gasteiger partial charge in [0.1, 0.15) is 10.7 Å². The van der Waals surface area contributed by atoms with Crippen LogP contribution in [0.5, 0.6) is 0 Å². The predicted octanol–water partition coefficient (Wildman–Crippen LogP) is 1.56. The van der Waals surface area contributed by atoms with Gasteiger partial charge in [0.15, 0.2) is 0 Å². The first-order chi connectivity index (χ1) is 11.1. The number of hydrogen-bond acceptors (Lipinski definition) is 5. The Bertz CT molecular complexity index is 781. The van der Waals surface area contributed by atoms with Crippen LogP contribution in [0, 0.1) is 0 Å². The molecule has 1 aliphatic carbocycles. The molecule has 0 spiro atoms. The molecule has 1 atom stereocenters. The number of carbonyl (C=O) groups excluding carboxylic acids is 1. The van der Waals surface area contributed by atoms with Crippen LogP contribution in [0.4, 0.5) is 0 Å². The number of aryl methyl sites for hydroxylation is 3. The van der Waals surface area contributed by atoms with Crippen molar-refractivity contribution in [2.75, 3.05) is 13.7 Å². The van der Waals surface area contributed by atoms with Crippen molar-refractivity contribution in [1.82, 2.24) is 15.3 Å². The molecule has 3 rings (SSSR count). The summed E-state index contributed by atoms with van der Waals surface area (Å²) in [5.41, 5.74) is 1.11. The van der Waals surface area contributed by atoms with Crippen molar-refractivity contribution in [1.29, 1.82) is 0 Å². The van der Waals surface area contributed by atoms with E-state index < -0.39 is 0 Å². The van der Waals surface area contributed by atoms with E-state index in [0.29, 0.717) is 25.3 Å². The molecule has 0 bridgehead atoms. The Morgan fingerprint density at radius 3 is 3.09 bits per heavy atom. The molecule has 0 radical (unpaired) electrons. The normalized spacial score (nSPS) is 14.9. The minimum Gasteiger partial charge on any atom is -0.383 e. The molecule has 23 heavy (non-hydrogen) atoms. The lowest BCUT2D eigenvalue weighted by atomic mass is 10.2. The van der Waals surface area contributed by atoms with Crippen LogP contribution in [0.2, 0.25) is 0 Å². The largest absolute Gasteiger partial charge is 0.383 e. The van der Waals surface area contributed by atoms with E-state index in [2.05, 4.69) is 15.3 Å². The molecule has 0 saturated heterocycles. The first-order valence-corrected chi connectivity index (χ1v) is 8.72. The summed E-state index contributed by atoms with van der Waals surface area (Å²) >= 11 is 1.62. The van der Waals surface area contributed by atoms with Gasteiger partial charge in [-0.3, -0.25) is 9.59 Å². The Morgan fingerprint density at radius 1 is 1.48 bits per heavy atom. The number of H-pyrrole nitrogens is 1. The standard InChI is InChI=1S/C16H21N3O3S/c1-9(8-22-2)17-13(20)7-6-12-18-15(21)14-10-4-3-5-11(10)23-16(14)19-12/h9H,3-8H2,1-2H3,(H,17,20)(H,18,19,21)/t9-/m0/s1. The fourth-order valence-corrected chi connectivity index (χ4v) is 4.32. The zero-order chi connectivity index (χ0) is 16.4. The third-order valence-corrected chi connectivity index (χ3v) is 5.22. The number of nitrogens with zero attached hydrogens (tertiary/aromatic N) is 1. The Labute approximate surface area is 138 Å². The van der Waals surface area contributed by atoms with Gasteiger partial charge in [-0.2, -0.15) is 0 Å². The van der Waals surface area contributed by atoms with Crippen LogP contribution >= 0.6 is 11.3 Å². The molecule has 6 nitrogen and oxygen atoms in total. The van der Waals surface area contributed by atoms with Crippen LogP contribution in [0.25, 0.3) is 10.2 Å². The molecule has 0 saturated carbocycles. The smallest absolute Gasteiger partial charge is 0.259 e. The second-order valence-corrected chi connectivity index (χ2v) is 7.06. The first kappa shape index (κ1) is 16.1. The molecule has 2 aromatic heterocycles. The summed E-state index contributed by atoms with van der Waals surface area (Å²) in [6.07, 6.45) is 3.87. The molecule has 2 heterocycles. The van der Waals surface area contributed by atoms with Gasteiger partial charge in [0.25, 0.3) is 5.56 Å². The Balaban J connectivity index is 1.70. The maximum absolute atomic E-state index is 12.3. The number of aromatic amines is 1. The topological polar surface area (TPSA) is 84.1 Å². The van der Waals surface area contributed by atoms with Crippen LogP contribution in [0.1, 0.15) is 36.0 Å². The van der Waals surface area contributed by atoms with E-state index in [1.54, 1.807) is 18.4 Å².